The number of carbonyl (C=O) groups excluding carboxylic acids is 2. The van der Waals surface area contributed by atoms with Crippen LogP contribution >= 0.6 is 0 Å². The molecule has 0 radical (unpaired) electrons. The molecular weight excluding hydrogens is 560 g/mol. The molecule has 0 fully saturated rings. The van der Waals surface area contributed by atoms with Gasteiger partial charge in [0.05, 0.1) is 11.9 Å². The number of hydrogen-bond donors (Lipinski definition) is 1. The van der Waals surface area contributed by atoms with E-state index in [2.05, 4.69) is 5.32 Å². The van der Waals surface area contributed by atoms with Crippen LogP contribution in [0.25, 0.3) is 0 Å². The summed E-state index contributed by atoms with van der Waals surface area (Å²) in [6, 6.07) is 19.1. The second kappa shape index (κ2) is 13.9. The third-order valence-electron chi connectivity index (χ3n) is 6.71. The van der Waals surface area contributed by atoms with Crippen LogP contribution in [0.4, 0.5) is 14.5 Å². The standard InChI is InChI=1S/C32H39F2N3O4S/c1-23-12-9-10-15-25(23)22-36(29(31(39)35-32(2,3)4)20-24-13-7-6-8-14-24)30(38)16-11-19-37(42(5,40)41)26-17-18-27(33)28(34)21-26/h6-10,12-15,17-18,21,29H,11,16,19-20,22H2,1-5H3,(H,35,39)/t29-/m0/s1. The quantitative estimate of drug-likeness (QED) is 0.303. The van der Waals surface area contributed by atoms with Crippen molar-refractivity contribution < 1.29 is 26.8 Å². The largest absolute Gasteiger partial charge is 0.350 e. The van der Waals surface area contributed by atoms with Gasteiger partial charge in [0.25, 0.3) is 0 Å². The van der Waals surface area contributed by atoms with Gasteiger partial charge in [-0.1, -0.05) is 54.6 Å². The molecule has 0 unspecified atom stereocenters. The lowest BCUT2D eigenvalue weighted by molar-refractivity contribution is -0.142. The number of nitrogens with one attached hydrogen (secondary N) is 1. The third kappa shape index (κ3) is 9.37. The first-order chi connectivity index (χ1) is 19.7. The molecule has 3 aromatic carbocycles. The molecule has 10 heteroatoms. The van der Waals surface area contributed by atoms with E-state index in [0.717, 1.165) is 39.4 Å². The average Bonchev–Trinajstić information content (AvgIpc) is 2.90. The zero-order valence-corrected chi connectivity index (χ0v) is 25.5. The lowest BCUT2D eigenvalue weighted by Gasteiger charge is -2.34. The number of rotatable bonds is 12. The topological polar surface area (TPSA) is 86.8 Å². The van der Waals surface area contributed by atoms with E-state index in [1.54, 1.807) is 4.90 Å². The molecule has 3 aromatic rings. The van der Waals surface area contributed by atoms with Crippen molar-refractivity contribution in [1.29, 1.82) is 0 Å². The van der Waals surface area contributed by atoms with Crippen LogP contribution in [-0.4, -0.2) is 49.5 Å². The fourth-order valence-corrected chi connectivity index (χ4v) is 5.58. The number of anilines is 1. The van der Waals surface area contributed by atoms with Gasteiger partial charge in [0.1, 0.15) is 6.04 Å². The Morgan fingerprint density at radius 2 is 1.57 bits per heavy atom. The Hall–Kier alpha value is -3.79. The Morgan fingerprint density at radius 3 is 2.17 bits per heavy atom. The van der Waals surface area contributed by atoms with Crippen LogP contribution in [0.15, 0.2) is 72.8 Å². The maximum absolute atomic E-state index is 13.9. The van der Waals surface area contributed by atoms with Crippen molar-refractivity contribution in [1.82, 2.24) is 10.2 Å². The van der Waals surface area contributed by atoms with Crippen LogP contribution in [0.5, 0.6) is 0 Å². The van der Waals surface area contributed by atoms with Crippen molar-refractivity contribution in [2.24, 2.45) is 0 Å². The SMILES string of the molecule is Cc1ccccc1CN(C(=O)CCCN(c1ccc(F)c(F)c1)S(C)(=O)=O)[C@@H](Cc1ccccc1)C(=O)NC(C)(C)C. The molecule has 0 spiro atoms. The molecular formula is C32H39F2N3O4S. The second-order valence-electron chi connectivity index (χ2n) is 11.4. The second-order valence-corrected chi connectivity index (χ2v) is 13.3. The summed E-state index contributed by atoms with van der Waals surface area (Å²) in [7, 11) is -3.86. The summed E-state index contributed by atoms with van der Waals surface area (Å²) in [6.45, 7) is 7.60. The van der Waals surface area contributed by atoms with E-state index in [-0.39, 0.29) is 49.9 Å². The number of sulfonamides is 1. The Labute approximate surface area is 247 Å². The van der Waals surface area contributed by atoms with Crippen molar-refractivity contribution in [3.05, 3.63) is 101 Å². The number of amides is 2. The summed E-state index contributed by atoms with van der Waals surface area (Å²) in [6.07, 6.45) is 1.27. The molecule has 2 amide bonds. The van der Waals surface area contributed by atoms with E-state index >= 15 is 0 Å². The number of halogens is 2. The molecule has 226 valence electrons. The van der Waals surface area contributed by atoms with Gasteiger partial charge >= 0.3 is 0 Å². The fraction of sp³-hybridized carbons (Fsp3) is 0.375. The van der Waals surface area contributed by atoms with Gasteiger partial charge < -0.3 is 10.2 Å². The van der Waals surface area contributed by atoms with Gasteiger partial charge in [0.2, 0.25) is 21.8 Å². The lowest BCUT2D eigenvalue weighted by atomic mass is 9.99. The number of aryl methyl sites for hydroxylation is 1. The Kier molecular flexibility index (Phi) is 10.8. The van der Waals surface area contributed by atoms with Crippen LogP contribution in [0.1, 0.15) is 50.3 Å². The summed E-state index contributed by atoms with van der Waals surface area (Å²) in [5.74, 6) is -2.89. The molecule has 0 heterocycles. The Balaban J connectivity index is 1.92. The minimum absolute atomic E-state index is 0.0351. The van der Waals surface area contributed by atoms with E-state index < -0.39 is 33.2 Å². The number of nitrogens with zero attached hydrogens (tertiary/aromatic N) is 2. The van der Waals surface area contributed by atoms with Gasteiger partial charge in [-0.25, -0.2) is 17.2 Å². The van der Waals surface area contributed by atoms with Crippen molar-refractivity contribution in [2.45, 2.75) is 65.1 Å². The highest BCUT2D eigenvalue weighted by atomic mass is 32.2. The van der Waals surface area contributed by atoms with Crippen molar-refractivity contribution in [2.75, 3.05) is 17.1 Å². The van der Waals surface area contributed by atoms with Gasteiger partial charge in [-0.3, -0.25) is 13.9 Å². The van der Waals surface area contributed by atoms with Crippen molar-refractivity contribution in [3.8, 4) is 0 Å². The van der Waals surface area contributed by atoms with Crippen molar-refractivity contribution in [3.63, 3.8) is 0 Å². The first-order valence-corrected chi connectivity index (χ1v) is 15.6. The van der Waals surface area contributed by atoms with Gasteiger partial charge in [0.15, 0.2) is 11.6 Å². The number of carbonyl (C=O) groups is 2. The first-order valence-electron chi connectivity index (χ1n) is 13.8. The molecule has 7 nitrogen and oxygen atoms in total. The number of benzene rings is 3. The van der Waals surface area contributed by atoms with Crippen LogP contribution in [0.2, 0.25) is 0 Å². The molecule has 0 aliphatic rings. The van der Waals surface area contributed by atoms with Crippen LogP contribution in [-0.2, 0) is 32.6 Å². The van der Waals surface area contributed by atoms with E-state index in [1.165, 1.54) is 6.07 Å². The minimum atomic E-state index is -3.86. The summed E-state index contributed by atoms with van der Waals surface area (Å²) in [5, 5.41) is 3.01. The zero-order valence-electron chi connectivity index (χ0n) is 24.7. The van der Waals surface area contributed by atoms with E-state index in [1.807, 2.05) is 82.3 Å². The normalized spacial score (nSPS) is 12.5. The van der Waals surface area contributed by atoms with Crippen LogP contribution < -0.4 is 9.62 Å². The monoisotopic (exact) mass is 599 g/mol. The minimum Gasteiger partial charge on any atom is -0.350 e. The maximum atomic E-state index is 13.9. The fourth-order valence-electron chi connectivity index (χ4n) is 4.62. The average molecular weight is 600 g/mol. The predicted octanol–water partition coefficient (Wildman–Crippen LogP) is 5.37. The predicted molar refractivity (Wildman–Crippen MR) is 161 cm³/mol. The molecule has 0 bridgehead atoms. The van der Waals surface area contributed by atoms with Gasteiger partial charge in [-0.15, -0.1) is 0 Å². The van der Waals surface area contributed by atoms with Gasteiger partial charge in [-0.2, -0.15) is 0 Å². The third-order valence-corrected chi connectivity index (χ3v) is 7.91. The molecule has 0 saturated heterocycles. The molecule has 1 N–H and O–H groups in total. The number of hydrogen-bond acceptors (Lipinski definition) is 4. The maximum Gasteiger partial charge on any atom is 0.243 e. The highest BCUT2D eigenvalue weighted by Gasteiger charge is 2.32. The zero-order chi connectivity index (χ0) is 31.1. The molecule has 3 rings (SSSR count). The summed E-state index contributed by atoms with van der Waals surface area (Å²) in [4.78, 5) is 29.1. The van der Waals surface area contributed by atoms with Gasteiger partial charge in [-0.05, 0) is 62.9 Å². The van der Waals surface area contributed by atoms with Crippen LogP contribution in [0, 0.1) is 18.6 Å². The summed E-state index contributed by atoms with van der Waals surface area (Å²) < 4.78 is 53.3. The van der Waals surface area contributed by atoms with E-state index in [4.69, 9.17) is 0 Å². The highest BCUT2D eigenvalue weighted by molar-refractivity contribution is 7.92. The summed E-state index contributed by atoms with van der Waals surface area (Å²) in [5.41, 5.74) is 2.16. The van der Waals surface area contributed by atoms with Gasteiger partial charge in [0, 0.05) is 37.5 Å². The molecule has 42 heavy (non-hydrogen) atoms. The molecule has 0 aliphatic carbocycles. The molecule has 0 saturated carbocycles. The smallest absolute Gasteiger partial charge is 0.243 e. The van der Waals surface area contributed by atoms with E-state index in [0.29, 0.717) is 0 Å². The lowest BCUT2D eigenvalue weighted by Crippen LogP contribution is -2.54. The molecule has 0 aliphatic heterocycles. The Morgan fingerprint density at radius 1 is 0.929 bits per heavy atom. The van der Waals surface area contributed by atoms with Crippen molar-refractivity contribution >= 4 is 27.5 Å². The Bertz CT molecular complexity index is 1490. The van der Waals surface area contributed by atoms with E-state index in [9.17, 15) is 26.8 Å². The summed E-state index contributed by atoms with van der Waals surface area (Å²) >= 11 is 0. The van der Waals surface area contributed by atoms with Crippen LogP contribution in [0.3, 0.4) is 0 Å². The highest BCUT2D eigenvalue weighted by Crippen LogP contribution is 2.23. The first kappa shape index (κ1) is 32.7. The molecule has 1 atom stereocenters. The molecule has 0 aromatic heterocycles.